The summed E-state index contributed by atoms with van der Waals surface area (Å²) in [5.74, 6) is 0.992. The molecule has 0 amide bonds. The maximum atomic E-state index is 6.05. The van der Waals surface area contributed by atoms with Gasteiger partial charge in [-0.1, -0.05) is 60.2 Å². The molecule has 1 nitrogen and oxygen atoms in total. The molecule has 0 heterocycles. The van der Waals surface area contributed by atoms with Gasteiger partial charge in [-0.25, -0.2) is 0 Å². The highest BCUT2D eigenvalue weighted by Crippen LogP contribution is 2.13. The fraction of sp³-hybridized carbons (Fsp3) is 0.333. The van der Waals surface area contributed by atoms with Crippen LogP contribution in [0.25, 0.3) is 0 Å². The predicted octanol–water partition coefficient (Wildman–Crippen LogP) is 4.61. The number of aryl methyl sites for hydroxylation is 1. The Morgan fingerprint density at radius 1 is 0.950 bits per heavy atom. The van der Waals surface area contributed by atoms with Crippen LogP contribution in [0.1, 0.15) is 16.7 Å². The molecule has 2 aromatic carbocycles. The Kier molecular flexibility index (Phi) is 6.10. The predicted molar refractivity (Wildman–Crippen MR) is 85.2 cm³/mol. The van der Waals surface area contributed by atoms with Crippen molar-refractivity contribution >= 4 is 11.6 Å². The van der Waals surface area contributed by atoms with Crippen LogP contribution in [0.15, 0.2) is 54.6 Å². The standard InChI is InChI=1S/C18H21ClO/c1-15-7-9-16(10-8-15)11-18(12-19)14-20-13-17-5-3-2-4-6-17/h2-10,18H,11-14H2,1H3. The van der Waals surface area contributed by atoms with E-state index in [9.17, 15) is 0 Å². The summed E-state index contributed by atoms with van der Waals surface area (Å²) in [4.78, 5) is 0. The van der Waals surface area contributed by atoms with Crippen LogP contribution >= 0.6 is 11.6 Å². The van der Waals surface area contributed by atoms with Crippen molar-refractivity contribution in [3.05, 3.63) is 71.3 Å². The van der Waals surface area contributed by atoms with Gasteiger partial charge in [-0.15, -0.1) is 11.6 Å². The highest BCUT2D eigenvalue weighted by molar-refractivity contribution is 6.18. The summed E-state index contributed by atoms with van der Waals surface area (Å²) in [6.45, 7) is 3.46. The first-order valence-electron chi connectivity index (χ1n) is 7.01. The second kappa shape index (κ2) is 8.08. The second-order valence-electron chi connectivity index (χ2n) is 5.21. The minimum Gasteiger partial charge on any atom is -0.376 e. The number of ether oxygens (including phenoxy) is 1. The maximum Gasteiger partial charge on any atom is 0.0717 e. The molecule has 0 saturated heterocycles. The number of benzene rings is 2. The van der Waals surface area contributed by atoms with Crippen LogP contribution in [0.5, 0.6) is 0 Å². The van der Waals surface area contributed by atoms with E-state index in [4.69, 9.17) is 16.3 Å². The molecule has 2 rings (SSSR count). The Morgan fingerprint density at radius 2 is 1.65 bits per heavy atom. The smallest absolute Gasteiger partial charge is 0.0717 e. The molecule has 2 aromatic rings. The van der Waals surface area contributed by atoms with Gasteiger partial charge in [0.05, 0.1) is 13.2 Å². The molecule has 0 fully saturated rings. The second-order valence-corrected chi connectivity index (χ2v) is 5.52. The normalized spacial score (nSPS) is 12.3. The van der Waals surface area contributed by atoms with Gasteiger partial charge in [0, 0.05) is 5.88 Å². The Hall–Kier alpha value is -1.31. The van der Waals surface area contributed by atoms with Crippen LogP contribution in [-0.2, 0) is 17.8 Å². The molecule has 0 aromatic heterocycles. The quantitative estimate of drug-likeness (QED) is 0.676. The monoisotopic (exact) mass is 288 g/mol. The summed E-state index contributed by atoms with van der Waals surface area (Å²) in [6.07, 6.45) is 0.971. The molecule has 20 heavy (non-hydrogen) atoms. The summed E-state index contributed by atoms with van der Waals surface area (Å²) < 4.78 is 5.78. The molecule has 0 saturated carbocycles. The summed E-state index contributed by atoms with van der Waals surface area (Å²) in [7, 11) is 0. The summed E-state index contributed by atoms with van der Waals surface area (Å²) in [5.41, 5.74) is 3.82. The molecule has 0 aliphatic rings. The van der Waals surface area contributed by atoms with Crippen LogP contribution < -0.4 is 0 Å². The molecule has 0 radical (unpaired) electrons. The minimum absolute atomic E-state index is 0.364. The van der Waals surface area contributed by atoms with Gasteiger partial charge in [0.15, 0.2) is 0 Å². The van der Waals surface area contributed by atoms with E-state index in [0.717, 1.165) is 6.42 Å². The number of hydrogen-bond acceptors (Lipinski definition) is 1. The minimum atomic E-state index is 0.364. The highest BCUT2D eigenvalue weighted by atomic mass is 35.5. The molecule has 2 heteroatoms. The number of halogens is 1. The number of alkyl halides is 1. The van der Waals surface area contributed by atoms with E-state index in [0.29, 0.717) is 25.0 Å². The van der Waals surface area contributed by atoms with E-state index < -0.39 is 0 Å². The molecule has 0 N–H and O–H groups in total. The van der Waals surface area contributed by atoms with Crippen LogP contribution in [0.4, 0.5) is 0 Å². The first-order valence-corrected chi connectivity index (χ1v) is 7.54. The van der Waals surface area contributed by atoms with E-state index in [1.165, 1.54) is 16.7 Å². The van der Waals surface area contributed by atoms with Gasteiger partial charge in [-0.2, -0.15) is 0 Å². The zero-order valence-corrected chi connectivity index (χ0v) is 12.6. The van der Waals surface area contributed by atoms with Gasteiger partial charge in [-0.3, -0.25) is 0 Å². The van der Waals surface area contributed by atoms with Crippen molar-refractivity contribution in [3.63, 3.8) is 0 Å². The lowest BCUT2D eigenvalue weighted by Gasteiger charge is -2.14. The number of hydrogen-bond donors (Lipinski definition) is 0. The van der Waals surface area contributed by atoms with Crippen molar-refractivity contribution in [2.24, 2.45) is 5.92 Å². The Labute approximate surface area is 126 Å². The Bertz CT molecular complexity index is 493. The Morgan fingerprint density at radius 3 is 2.30 bits per heavy atom. The van der Waals surface area contributed by atoms with Crippen molar-refractivity contribution in [2.75, 3.05) is 12.5 Å². The van der Waals surface area contributed by atoms with Crippen molar-refractivity contribution < 1.29 is 4.74 Å². The van der Waals surface area contributed by atoms with Crippen LogP contribution in [-0.4, -0.2) is 12.5 Å². The van der Waals surface area contributed by atoms with Gasteiger partial charge in [0.25, 0.3) is 0 Å². The van der Waals surface area contributed by atoms with Crippen LogP contribution in [0.3, 0.4) is 0 Å². The first kappa shape index (κ1) is 15.1. The molecule has 1 atom stereocenters. The van der Waals surface area contributed by atoms with Crippen molar-refractivity contribution in [1.29, 1.82) is 0 Å². The zero-order chi connectivity index (χ0) is 14.2. The van der Waals surface area contributed by atoms with Crippen LogP contribution in [0.2, 0.25) is 0 Å². The summed E-state index contributed by atoms with van der Waals surface area (Å²) in [6, 6.07) is 18.9. The lowest BCUT2D eigenvalue weighted by atomic mass is 10.0. The van der Waals surface area contributed by atoms with E-state index in [1.807, 2.05) is 18.2 Å². The third kappa shape index (κ3) is 4.99. The van der Waals surface area contributed by atoms with Gasteiger partial charge >= 0.3 is 0 Å². The SMILES string of the molecule is Cc1ccc(CC(CCl)COCc2ccccc2)cc1. The average molecular weight is 289 g/mol. The van der Waals surface area contributed by atoms with Crippen LogP contribution in [0, 0.1) is 12.8 Å². The average Bonchev–Trinajstić information content (AvgIpc) is 2.49. The fourth-order valence-corrected chi connectivity index (χ4v) is 2.33. The molecule has 0 bridgehead atoms. The van der Waals surface area contributed by atoms with Gasteiger partial charge in [0.2, 0.25) is 0 Å². The Balaban J connectivity index is 1.79. The van der Waals surface area contributed by atoms with Crippen molar-refractivity contribution in [3.8, 4) is 0 Å². The summed E-state index contributed by atoms with van der Waals surface area (Å²) in [5, 5.41) is 0. The molecule has 0 aliphatic heterocycles. The van der Waals surface area contributed by atoms with Gasteiger partial charge < -0.3 is 4.74 Å². The zero-order valence-electron chi connectivity index (χ0n) is 11.9. The highest BCUT2D eigenvalue weighted by Gasteiger charge is 2.09. The van der Waals surface area contributed by atoms with E-state index in [-0.39, 0.29) is 0 Å². The molecule has 106 valence electrons. The van der Waals surface area contributed by atoms with E-state index in [2.05, 4.69) is 43.3 Å². The maximum absolute atomic E-state index is 6.05. The molecular weight excluding hydrogens is 268 g/mol. The lowest BCUT2D eigenvalue weighted by molar-refractivity contribution is 0.0931. The largest absolute Gasteiger partial charge is 0.376 e. The van der Waals surface area contributed by atoms with Crippen molar-refractivity contribution in [2.45, 2.75) is 20.0 Å². The molecule has 0 aliphatic carbocycles. The molecule has 1 unspecified atom stereocenters. The van der Waals surface area contributed by atoms with Gasteiger partial charge in [0.1, 0.15) is 0 Å². The number of rotatable bonds is 7. The third-order valence-electron chi connectivity index (χ3n) is 3.33. The third-order valence-corrected chi connectivity index (χ3v) is 3.76. The van der Waals surface area contributed by atoms with E-state index in [1.54, 1.807) is 0 Å². The van der Waals surface area contributed by atoms with Gasteiger partial charge in [-0.05, 0) is 30.4 Å². The lowest BCUT2D eigenvalue weighted by Crippen LogP contribution is -2.14. The molecule has 0 spiro atoms. The fourth-order valence-electron chi connectivity index (χ4n) is 2.13. The first-order chi connectivity index (χ1) is 9.78. The topological polar surface area (TPSA) is 9.23 Å². The summed E-state index contributed by atoms with van der Waals surface area (Å²) >= 11 is 6.05. The van der Waals surface area contributed by atoms with Crippen molar-refractivity contribution in [1.82, 2.24) is 0 Å². The molecular formula is C18H21ClO. The van der Waals surface area contributed by atoms with E-state index >= 15 is 0 Å².